The van der Waals surface area contributed by atoms with Crippen molar-refractivity contribution in [2.24, 2.45) is 5.73 Å². The van der Waals surface area contributed by atoms with Crippen LogP contribution in [0.25, 0.3) is 0 Å². The van der Waals surface area contributed by atoms with Gasteiger partial charge in [-0.05, 0) is 24.5 Å². The molecule has 3 unspecified atom stereocenters. The predicted molar refractivity (Wildman–Crippen MR) is 78.7 cm³/mol. The smallest absolute Gasteiger partial charge is 0.0954 e. The molecular formula is C16H24N2O2. The summed E-state index contributed by atoms with van der Waals surface area (Å²) in [5.74, 6) is 0. The van der Waals surface area contributed by atoms with E-state index in [1.165, 1.54) is 11.1 Å². The van der Waals surface area contributed by atoms with Crippen molar-refractivity contribution >= 4 is 0 Å². The molecule has 20 heavy (non-hydrogen) atoms. The summed E-state index contributed by atoms with van der Waals surface area (Å²) in [6, 6.07) is 8.71. The summed E-state index contributed by atoms with van der Waals surface area (Å²) in [6.45, 7) is 6.40. The minimum atomic E-state index is 0.0809. The average molecular weight is 276 g/mol. The van der Waals surface area contributed by atoms with Gasteiger partial charge in [-0.1, -0.05) is 24.3 Å². The molecule has 1 aromatic carbocycles. The van der Waals surface area contributed by atoms with Crippen molar-refractivity contribution in [3.05, 3.63) is 35.4 Å². The molecule has 0 radical (unpaired) electrons. The van der Waals surface area contributed by atoms with Gasteiger partial charge in [-0.2, -0.15) is 0 Å². The zero-order chi connectivity index (χ0) is 13.9. The Hall–Kier alpha value is -0.940. The van der Waals surface area contributed by atoms with Crippen LogP contribution in [0.5, 0.6) is 0 Å². The third-order valence-electron chi connectivity index (χ3n) is 4.28. The van der Waals surface area contributed by atoms with Crippen LogP contribution in [-0.2, 0) is 15.9 Å². The molecule has 1 saturated heterocycles. The minimum absolute atomic E-state index is 0.0809. The highest BCUT2D eigenvalue weighted by Crippen LogP contribution is 2.28. The van der Waals surface area contributed by atoms with Gasteiger partial charge in [0.05, 0.1) is 25.4 Å². The summed E-state index contributed by atoms with van der Waals surface area (Å²) in [7, 11) is 0. The molecule has 4 nitrogen and oxygen atoms in total. The first kappa shape index (κ1) is 14.0. The summed E-state index contributed by atoms with van der Waals surface area (Å²) >= 11 is 0. The van der Waals surface area contributed by atoms with Crippen molar-refractivity contribution in [2.45, 2.75) is 31.6 Å². The van der Waals surface area contributed by atoms with Gasteiger partial charge < -0.3 is 15.2 Å². The first-order chi connectivity index (χ1) is 9.74. The fourth-order valence-electron chi connectivity index (χ4n) is 3.08. The maximum Gasteiger partial charge on any atom is 0.0954 e. The molecule has 1 fully saturated rings. The molecule has 2 heterocycles. The zero-order valence-corrected chi connectivity index (χ0v) is 12.1. The molecule has 2 aliphatic heterocycles. The van der Waals surface area contributed by atoms with Gasteiger partial charge in [-0.15, -0.1) is 0 Å². The fourth-order valence-corrected chi connectivity index (χ4v) is 3.08. The fraction of sp³-hybridized carbons (Fsp3) is 0.625. The van der Waals surface area contributed by atoms with E-state index in [0.29, 0.717) is 0 Å². The molecular weight excluding hydrogens is 252 g/mol. The summed E-state index contributed by atoms with van der Waals surface area (Å²) in [5, 5.41) is 0. The van der Waals surface area contributed by atoms with Crippen LogP contribution >= 0.6 is 0 Å². The molecule has 110 valence electrons. The van der Waals surface area contributed by atoms with E-state index in [0.717, 1.165) is 39.3 Å². The van der Waals surface area contributed by atoms with Crippen molar-refractivity contribution in [3.63, 3.8) is 0 Å². The second-order valence-electron chi connectivity index (χ2n) is 5.84. The molecule has 1 aromatic rings. The number of benzene rings is 1. The Morgan fingerprint density at radius 1 is 1.30 bits per heavy atom. The summed E-state index contributed by atoms with van der Waals surface area (Å²) < 4.78 is 11.7. The largest absolute Gasteiger partial charge is 0.374 e. The molecule has 3 rings (SSSR count). The van der Waals surface area contributed by atoms with E-state index in [4.69, 9.17) is 15.2 Å². The van der Waals surface area contributed by atoms with E-state index in [-0.39, 0.29) is 18.2 Å². The van der Waals surface area contributed by atoms with Crippen LogP contribution in [0.15, 0.2) is 24.3 Å². The van der Waals surface area contributed by atoms with E-state index >= 15 is 0 Å². The van der Waals surface area contributed by atoms with Gasteiger partial charge in [-0.3, -0.25) is 4.90 Å². The maximum atomic E-state index is 5.99. The van der Waals surface area contributed by atoms with Gasteiger partial charge in [0.25, 0.3) is 0 Å². The molecule has 0 amide bonds. The lowest BCUT2D eigenvalue weighted by Gasteiger charge is -2.37. The van der Waals surface area contributed by atoms with Gasteiger partial charge in [0.1, 0.15) is 0 Å². The molecule has 0 spiro atoms. The predicted octanol–water partition coefficient (Wildman–Crippen LogP) is 1.35. The number of hydrogen-bond donors (Lipinski definition) is 1. The Kier molecular flexibility index (Phi) is 4.36. The lowest BCUT2D eigenvalue weighted by Crippen LogP contribution is -2.50. The highest BCUT2D eigenvalue weighted by atomic mass is 16.5. The van der Waals surface area contributed by atoms with Crippen molar-refractivity contribution in [1.29, 1.82) is 0 Å². The quantitative estimate of drug-likeness (QED) is 0.905. The number of nitrogens with zero attached hydrogens (tertiary/aromatic N) is 1. The topological polar surface area (TPSA) is 47.7 Å². The monoisotopic (exact) mass is 276 g/mol. The van der Waals surface area contributed by atoms with Crippen molar-refractivity contribution in [2.75, 3.05) is 32.8 Å². The third kappa shape index (κ3) is 3.04. The number of fused-ring (bicyclic) bond motifs is 1. The van der Waals surface area contributed by atoms with E-state index in [1.807, 2.05) is 6.92 Å². The number of hydrogen-bond acceptors (Lipinski definition) is 4. The first-order valence-corrected chi connectivity index (χ1v) is 7.53. The van der Waals surface area contributed by atoms with Crippen molar-refractivity contribution in [3.8, 4) is 0 Å². The number of rotatable bonds is 3. The summed E-state index contributed by atoms with van der Waals surface area (Å²) in [5.41, 5.74) is 8.74. The van der Waals surface area contributed by atoms with Crippen LogP contribution in [0, 0.1) is 0 Å². The molecule has 0 aliphatic carbocycles. The van der Waals surface area contributed by atoms with Crippen LogP contribution in [0.4, 0.5) is 0 Å². The van der Waals surface area contributed by atoms with Crippen LogP contribution in [0.2, 0.25) is 0 Å². The molecule has 0 bridgehead atoms. The number of ether oxygens (including phenoxy) is 2. The van der Waals surface area contributed by atoms with Crippen LogP contribution in [0.1, 0.15) is 24.2 Å². The van der Waals surface area contributed by atoms with Gasteiger partial charge in [0.15, 0.2) is 0 Å². The number of morpholine rings is 1. The van der Waals surface area contributed by atoms with E-state index in [2.05, 4.69) is 29.2 Å². The average Bonchev–Trinajstić information content (AvgIpc) is 2.48. The third-order valence-corrected chi connectivity index (χ3v) is 4.28. The Morgan fingerprint density at radius 2 is 2.15 bits per heavy atom. The Balaban J connectivity index is 1.66. The second-order valence-corrected chi connectivity index (χ2v) is 5.84. The normalized spacial score (nSPS) is 28.9. The van der Waals surface area contributed by atoms with Gasteiger partial charge >= 0.3 is 0 Å². The molecule has 2 aliphatic rings. The molecule has 0 aromatic heterocycles. The Labute approximate surface area is 120 Å². The van der Waals surface area contributed by atoms with E-state index in [1.54, 1.807) is 0 Å². The lowest BCUT2D eigenvalue weighted by atomic mass is 9.97. The van der Waals surface area contributed by atoms with E-state index in [9.17, 15) is 0 Å². The summed E-state index contributed by atoms with van der Waals surface area (Å²) in [6.07, 6.45) is 1.35. The van der Waals surface area contributed by atoms with Gasteiger partial charge in [0, 0.05) is 25.7 Å². The second kappa shape index (κ2) is 6.22. The molecule has 3 atom stereocenters. The number of nitrogens with two attached hydrogens (primary N) is 1. The minimum Gasteiger partial charge on any atom is -0.374 e. The molecule has 2 N–H and O–H groups in total. The van der Waals surface area contributed by atoms with E-state index < -0.39 is 0 Å². The SMILES string of the molecule is CC(N)C1CN(CC2OCCc3ccccc32)CCO1. The Bertz CT molecular complexity index is 450. The standard InChI is InChI=1S/C16H24N2O2/c1-12(17)15-10-18(7-9-20-15)11-16-14-5-3-2-4-13(14)6-8-19-16/h2-5,12,15-16H,6-11,17H2,1H3. The van der Waals surface area contributed by atoms with Crippen LogP contribution in [-0.4, -0.2) is 49.9 Å². The molecule has 4 heteroatoms. The van der Waals surface area contributed by atoms with Crippen LogP contribution < -0.4 is 5.73 Å². The Morgan fingerprint density at radius 3 is 3.00 bits per heavy atom. The lowest BCUT2D eigenvalue weighted by molar-refractivity contribution is -0.0603. The zero-order valence-electron chi connectivity index (χ0n) is 12.1. The van der Waals surface area contributed by atoms with Gasteiger partial charge in [0.2, 0.25) is 0 Å². The van der Waals surface area contributed by atoms with Gasteiger partial charge in [-0.25, -0.2) is 0 Å². The first-order valence-electron chi connectivity index (χ1n) is 7.53. The highest BCUT2D eigenvalue weighted by Gasteiger charge is 2.28. The highest BCUT2D eigenvalue weighted by molar-refractivity contribution is 5.31. The van der Waals surface area contributed by atoms with Crippen LogP contribution in [0.3, 0.4) is 0 Å². The maximum absolute atomic E-state index is 5.99. The summed E-state index contributed by atoms with van der Waals surface area (Å²) in [4.78, 5) is 2.42. The van der Waals surface area contributed by atoms with Crippen molar-refractivity contribution in [1.82, 2.24) is 4.90 Å². The van der Waals surface area contributed by atoms with Crippen molar-refractivity contribution < 1.29 is 9.47 Å². The molecule has 0 saturated carbocycles.